The summed E-state index contributed by atoms with van der Waals surface area (Å²) in [5, 5.41) is 2.97. The molecule has 1 amide bonds. The number of carbonyl (C=O) groups excluding carboxylic acids is 1. The summed E-state index contributed by atoms with van der Waals surface area (Å²) in [6, 6.07) is 1.21. The summed E-state index contributed by atoms with van der Waals surface area (Å²) in [5.74, 6) is -0.398. The smallest absolute Gasteiger partial charge is 0.257 e. The van der Waals surface area contributed by atoms with Crippen molar-refractivity contribution in [2.45, 2.75) is 20.4 Å². The third-order valence-corrected chi connectivity index (χ3v) is 3.92. The Morgan fingerprint density at radius 3 is 2.86 bits per heavy atom. The van der Waals surface area contributed by atoms with Gasteiger partial charge in [-0.05, 0) is 19.9 Å². The van der Waals surface area contributed by atoms with Gasteiger partial charge >= 0.3 is 0 Å². The Balaban J connectivity index is 2.22. The summed E-state index contributed by atoms with van der Waals surface area (Å²) >= 11 is 1.50. The molecule has 0 aliphatic heterocycles. The lowest BCUT2D eigenvalue weighted by molar-refractivity contribution is 0.0786. The van der Waals surface area contributed by atoms with Crippen LogP contribution in [0.3, 0.4) is 0 Å². The molecule has 2 aromatic heterocycles. The summed E-state index contributed by atoms with van der Waals surface area (Å²) in [6.07, 6.45) is 1.10. The normalized spacial score (nSPS) is 10.5. The van der Waals surface area contributed by atoms with Crippen molar-refractivity contribution in [3.8, 4) is 0 Å². The zero-order chi connectivity index (χ0) is 15.4. The fourth-order valence-corrected chi connectivity index (χ4v) is 2.71. The molecule has 2 aromatic rings. The van der Waals surface area contributed by atoms with Gasteiger partial charge in [-0.1, -0.05) is 0 Å². The van der Waals surface area contributed by atoms with Gasteiger partial charge in [-0.15, -0.1) is 11.3 Å². The molecule has 2 rings (SSSR count). The van der Waals surface area contributed by atoms with Gasteiger partial charge in [0.15, 0.2) is 0 Å². The molecule has 21 heavy (non-hydrogen) atoms. The van der Waals surface area contributed by atoms with Crippen molar-refractivity contribution in [1.82, 2.24) is 14.9 Å². The van der Waals surface area contributed by atoms with Crippen LogP contribution in [0.2, 0.25) is 0 Å². The van der Waals surface area contributed by atoms with Crippen molar-refractivity contribution >= 4 is 23.1 Å². The minimum absolute atomic E-state index is 0.238. The zero-order valence-corrected chi connectivity index (χ0v) is 13.0. The van der Waals surface area contributed by atoms with E-state index in [1.54, 1.807) is 12.6 Å². The molecule has 2 heterocycles. The predicted molar refractivity (Wildman–Crippen MR) is 81.0 cm³/mol. The van der Waals surface area contributed by atoms with Gasteiger partial charge in [0.05, 0.1) is 29.5 Å². The largest absolute Gasteiger partial charge is 0.370 e. The number of hydrogen-bond donors (Lipinski definition) is 1. The van der Waals surface area contributed by atoms with Gasteiger partial charge < -0.3 is 10.2 Å². The van der Waals surface area contributed by atoms with Crippen molar-refractivity contribution in [1.29, 1.82) is 0 Å². The van der Waals surface area contributed by atoms with E-state index in [0.717, 1.165) is 16.8 Å². The SMILES string of the molecule is CCNc1ncc(F)cc1C(=O)N(C)Cc1scnc1C. The molecule has 0 bridgehead atoms. The van der Waals surface area contributed by atoms with Gasteiger partial charge in [0, 0.05) is 18.5 Å². The van der Waals surface area contributed by atoms with E-state index in [4.69, 9.17) is 0 Å². The number of amides is 1. The maximum Gasteiger partial charge on any atom is 0.257 e. The molecular formula is C14H17FN4OS. The second kappa shape index (κ2) is 6.62. The Bertz CT molecular complexity index is 644. The first kappa shape index (κ1) is 15.4. The van der Waals surface area contributed by atoms with Crippen LogP contribution in [0.15, 0.2) is 17.8 Å². The highest BCUT2D eigenvalue weighted by atomic mass is 32.1. The monoisotopic (exact) mass is 308 g/mol. The van der Waals surface area contributed by atoms with Crippen LogP contribution in [0.25, 0.3) is 0 Å². The fourth-order valence-electron chi connectivity index (χ4n) is 1.88. The first-order chi connectivity index (χ1) is 10.0. The molecule has 5 nitrogen and oxygen atoms in total. The summed E-state index contributed by atoms with van der Waals surface area (Å²) in [5.41, 5.74) is 2.89. The predicted octanol–water partition coefficient (Wildman–Crippen LogP) is 2.69. The Labute approximate surface area is 126 Å². The maximum atomic E-state index is 13.4. The first-order valence-corrected chi connectivity index (χ1v) is 7.44. The van der Waals surface area contributed by atoms with E-state index >= 15 is 0 Å². The Morgan fingerprint density at radius 2 is 2.24 bits per heavy atom. The van der Waals surface area contributed by atoms with E-state index in [1.807, 2.05) is 13.8 Å². The lowest BCUT2D eigenvalue weighted by atomic mass is 10.2. The molecule has 0 radical (unpaired) electrons. The minimum Gasteiger partial charge on any atom is -0.370 e. The second-order valence-corrected chi connectivity index (χ2v) is 5.54. The number of carbonyl (C=O) groups is 1. The average Bonchev–Trinajstić information content (AvgIpc) is 2.85. The molecule has 0 saturated heterocycles. The summed E-state index contributed by atoms with van der Waals surface area (Å²) in [7, 11) is 1.68. The number of aromatic nitrogens is 2. The molecule has 0 fully saturated rings. The lowest BCUT2D eigenvalue weighted by Gasteiger charge is -2.18. The van der Waals surface area contributed by atoms with Crippen LogP contribution < -0.4 is 5.32 Å². The van der Waals surface area contributed by atoms with E-state index in [2.05, 4.69) is 15.3 Å². The van der Waals surface area contributed by atoms with Crippen LogP contribution in [-0.2, 0) is 6.54 Å². The number of aryl methyl sites for hydroxylation is 1. The number of anilines is 1. The van der Waals surface area contributed by atoms with Crippen molar-refractivity contribution in [2.24, 2.45) is 0 Å². The van der Waals surface area contributed by atoms with Crippen LogP contribution in [0.5, 0.6) is 0 Å². The summed E-state index contributed by atoms with van der Waals surface area (Å²) < 4.78 is 13.4. The highest BCUT2D eigenvalue weighted by Crippen LogP contribution is 2.19. The third-order valence-electron chi connectivity index (χ3n) is 3.00. The molecule has 112 valence electrons. The summed E-state index contributed by atoms with van der Waals surface area (Å²) in [4.78, 5) is 23.1. The molecule has 0 spiro atoms. The molecule has 1 N–H and O–H groups in total. The minimum atomic E-state index is -0.526. The Kier molecular flexibility index (Phi) is 4.85. The molecule has 0 unspecified atom stereocenters. The number of hydrogen-bond acceptors (Lipinski definition) is 5. The van der Waals surface area contributed by atoms with E-state index in [9.17, 15) is 9.18 Å². The van der Waals surface area contributed by atoms with Gasteiger partial charge in [0.25, 0.3) is 5.91 Å². The van der Waals surface area contributed by atoms with Gasteiger partial charge in [-0.3, -0.25) is 4.79 Å². The molecule has 0 saturated carbocycles. The topological polar surface area (TPSA) is 58.1 Å². The molecule has 0 aliphatic carbocycles. The highest BCUT2D eigenvalue weighted by Gasteiger charge is 2.19. The van der Waals surface area contributed by atoms with Gasteiger partial charge in [0.2, 0.25) is 0 Å². The highest BCUT2D eigenvalue weighted by molar-refractivity contribution is 7.09. The van der Waals surface area contributed by atoms with Crippen molar-refractivity contribution in [3.05, 3.63) is 39.7 Å². The zero-order valence-electron chi connectivity index (χ0n) is 12.2. The number of thiazole rings is 1. The van der Waals surface area contributed by atoms with Gasteiger partial charge in [-0.25, -0.2) is 14.4 Å². The van der Waals surface area contributed by atoms with E-state index in [-0.39, 0.29) is 11.5 Å². The van der Waals surface area contributed by atoms with E-state index < -0.39 is 5.82 Å². The Hall–Kier alpha value is -2.02. The quantitative estimate of drug-likeness (QED) is 0.922. The molecule has 0 atom stereocenters. The van der Waals surface area contributed by atoms with Gasteiger partial charge in [-0.2, -0.15) is 0 Å². The van der Waals surface area contributed by atoms with Gasteiger partial charge in [0.1, 0.15) is 11.6 Å². The van der Waals surface area contributed by atoms with Crippen LogP contribution in [0.4, 0.5) is 10.2 Å². The standard InChI is InChI=1S/C14H17FN4OS/c1-4-16-13-11(5-10(15)6-17-13)14(20)19(3)7-12-9(2)18-8-21-12/h5-6,8H,4,7H2,1-3H3,(H,16,17). The second-order valence-electron chi connectivity index (χ2n) is 4.60. The first-order valence-electron chi connectivity index (χ1n) is 6.56. The van der Waals surface area contributed by atoms with E-state index in [1.165, 1.54) is 22.3 Å². The number of nitrogens with one attached hydrogen (secondary N) is 1. The van der Waals surface area contributed by atoms with Crippen molar-refractivity contribution in [2.75, 3.05) is 18.9 Å². The molecular weight excluding hydrogens is 291 g/mol. The number of halogens is 1. The van der Waals surface area contributed by atoms with Crippen molar-refractivity contribution in [3.63, 3.8) is 0 Å². The summed E-state index contributed by atoms with van der Waals surface area (Å²) in [6.45, 7) is 4.84. The maximum absolute atomic E-state index is 13.4. The van der Waals surface area contributed by atoms with Crippen LogP contribution in [0.1, 0.15) is 27.9 Å². The van der Waals surface area contributed by atoms with E-state index in [0.29, 0.717) is 18.9 Å². The average molecular weight is 308 g/mol. The molecule has 0 aliphatic rings. The Morgan fingerprint density at radius 1 is 1.48 bits per heavy atom. The third kappa shape index (κ3) is 3.55. The van der Waals surface area contributed by atoms with Crippen molar-refractivity contribution < 1.29 is 9.18 Å². The molecule has 7 heteroatoms. The fraction of sp³-hybridized carbons (Fsp3) is 0.357. The number of pyridine rings is 1. The number of rotatable bonds is 5. The van der Waals surface area contributed by atoms with Crippen LogP contribution in [0, 0.1) is 12.7 Å². The number of nitrogens with zero attached hydrogens (tertiary/aromatic N) is 3. The molecule has 0 aromatic carbocycles. The van der Waals surface area contributed by atoms with Crippen LogP contribution in [-0.4, -0.2) is 34.4 Å². The lowest BCUT2D eigenvalue weighted by Crippen LogP contribution is -2.27. The van der Waals surface area contributed by atoms with Crippen LogP contribution >= 0.6 is 11.3 Å².